The van der Waals surface area contributed by atoms with Crippen molar-refractivity contribution >= 4 is 29.0 Å². The van der Waals surface area contributed by atoms with Gasteiger partial charge >= 0.3 is 0 Å². The molecule has 0 spiro atoms. The molecule has 21 heavy (non-hydrogen) atoms. The molecule has 112 valence electrons. The molecule has 2 aromatic rings. The highest BCUT2D eigenvalue weighted by molar-refractivity contribution is 7.99. The molecule has 2 N–H and O–H groups in total. The molecule has 1 aromatic carbocycles. The van der Waals surface area contributed by atoms with E-state index < -0.39 is 0 Å². The zero-order valence-corrected chi connectivity index (χ0v) is 14.0. The van der Waals surface area contributed by atoms with Gasteiger partial charge in [0.2, 0.25) is 0 Å². The van der Waals surface area contributed by atoms with Crippen molar-refractivity contribution in [2.24, 2.45) is 5.73 Å². The van der Waals surface area contributed by atoms with Gasteiger partial charge in [-0.05, 0) is 31.7 Å². The molecule has 0 saturated heterocycles. The summed E-state index contributed by atoms with van der Waals surface area (Å²) in [6.45, 7) is 6.22. The number of nitrogens with two attached hydrogens (primary N) is 1. The minimum absolute atomic E-state index is 0.291. The summed E-state index contributed by atoms with van der Waals surface area (Å²) in [5, 5.41) is 4.27. The molecule has 0 amide bonds. The number of rotatable bonds is 6. The molecule has 6 heteroatoms. The average molecular weight is 321 g/mol. The van der Waals surface area contributed by atoms with Crippen molar-refractivity contribution in [1.29, 1.82) is 0 Å². The molecule has 0 saturated carbocycles. The van der Waals surface area contributed by atoms with Crippen molar-refractivity contribution in [3.8, 4) is 11.5 Å². The quantitative estimate of drug-likeness (QED) is 0.644. The highest BCUT2D eigenvalue weighted by atomic mass is 32.2. The van der Waals surface area contributed by atoms with E-state index >= 15 is 0 Å². The third-order valence-corrected chi connectivity index (χ3v) is 4.01. The molecule has 0 atom stereocenters. The number of hydrogen-bond donors (Lipinski definition) is 1. The maximum Gasteiger partial charge on any atom is 0.165 e. The summed E-state index contributed by atoms with van der Waals surface area (Å²) in [5.74, 6) is 2.30. The van der Waals surface area contributed by atoms with Gasteiger partial charge in [0.1, 0.15) is 10.7 Å². The maximum absolute atomic E-state index is 5.92. The van der Waals surface area contributed by atoms with Crippen molar-refractivity contribution in [1.82, 2.24) is 9.78 Å². The molecule has 1 aromatic heterocycles. The van der Waals surface area contributed by atoms with Gasteiger partial charge in [-0.15, -0.1) is 11.8 Å². The molecule has 0 aliphatic heterocycles. The van der Waals surface area contributed by atoms with E-state index in [9.17, 15) is 0 Å². The second-order valence-corrected chi connectivity index (χ2v) is 6.52. The average Bonchev–Trinajstić information content (AvgIpc) is 2.87. The van der Waals surface area contributed by atoms with Crippen molar-refractivity contribution < 1.29 is 4.74 Å². The van der Waals surface area contributed by atoms with Crippen LogP contribution in [0.25, 0.3) is 0 Å². The summed E-state index contributed by atoms with van der Waals surface area (Å²) in [7, 11) is 0. The van der Waals surface area contributed by atoms with Crippen LogP contribution in [0.4, 0.5) is 0 Å². The SMILES string of the molecule is CCSc1cccc(Oc2cnn(C(C)C)c2)c1C(N)=S. The van der Waals surface area contributed by atoms with Gasteiger partial charge in [-0.2, -0.15) is 5.10 Å². The van der Waals surface area contributed by atoms with Crippen LogP contribution in [0.1, 0.15) is 32.4 Å². The zero-order chi connectivity index (χ0) is 15.4. The van der Waals surface area contributed by atoms with Gasteiger partial charge in [0.25, 0.3) is 0 Å². The Balaban J connectivity index is 2.34. The first kappa shape index (κ1) is 15.9. The summed E-state index contributed by atoms with van der Waals surface area (Å²) in [4.78, 5) is 1.39. The van der Waals surface area contributed by atoms with E-state index in [1.807, 2.05) is 29.1 Å². The summed E-state index contributed by atoms with van der Waals surface area (Å²) in [5.41, 5.74) is 6.66. The minimum Gasteiger partial charge on any atom is -0.453 e. The van der Waals surface area contributed by atoms with E-state index in [2.05, 4.69) is 25.9 Å². The van der Waals surface area contributed by atoms with Crippen LogP contribution in [0.2, 0.25) is 0 Å². The number of aromatic nitrogens is 2. The van der Waals surface area contributed by atoms with Gasteiger partial charge < -0.3 is 10.5 Å². The Morgan fingerprint density at radius 1 is 1.48 bits per heavy atom. The third kappa shape index (κ3) is 3.77. The van der Waals surface area contributed by atoms with Gasteiger partial charge in [0, 0.05) is 10.9 Å². The van der Waals surface area contributed by atoms with Crippen LogP contribution in [0.3, 0.4) is 0 Å². The number of ether oxygens (including phenoxy) is 1. The van der Waals surface area contributed by atoms with Gasteiger partial charge in [0.15, 0.2) is 5.75 Å². The number of nitrogens with zero attached hydrogens (tertiary/aromatic N) is 2. The standard InChI is InChI=1S/C15H19N3OS2/c1-4-21-13-7-5-6-12(14(13)15(16)20)19-11-8-17-18(9-11)10(2)3/h5-10H,4H2,1-3H3,(H2,16,20). The third-order valence-electron chi connectivity index (χ3n) is 2.87. The molecule has 4 nitrogen and oxygen atoms in total. The van der Waals surface area contributed by atoms with E-state index in [0.717, 1.165) is 16.2 Å². The molecule has 0 bridgehead atoms. The molecular formula is C15H19N3OS2. The van der Waals surface area contributed by atoms with Crippen molar-refractivity contribution in [2.75, 3.05) is 5.75 Å². The summed E-state index contributed by atoms with van der Waals surface area (Å²) in [6.07, 6.45) is 3.57. The van der Waals surface area contributed by atoms with E-state index in [0.29, 0.717) is 22.5 Å². The van der Waals surface area contributed by atoms with Crippen molar-refractivity contribution in [3.05, 3.63) is 36.2 Å². The second kappa shape index (κ2) is 6.95. The summed E-state index contributed by atoms with van der Waals surface area (Å²) < 4.78 is 7.77. The molecule has 0 radical (unpaired) electrons. The highest BCUT2D eigenvalue weighted by Crippen LogP contribution is 2.33. The van der Waals surface area contributed by atoms with E-state index in [1.165, 1.54) is 0 Å². The van der Waals surface area contributed by atoms with Gasteiger partial charge in [0.05, 0.1) is 18.0 Å². The fourth-order valence-corrected chi connectivity index (χ4v) is 3.01. The first-order valence-electron chi connectivity index (χ1n) is 6.80. The zero-order valence-electron chi connectivity index (χ0n) is 12.4. The Kier molecular flexibility index (Phi) is 5.25. The van der Waals surface area contributed by atoms with E-state index in [4.69, 9.17) is 22.7 Å². The van der Waals surface area contributed by atoms with E-state index in [-0.39, 0.29) is 0 Å². The monoisotopic (exact) mass is 321 g/mol. The largest absolute Gasteiger partial charge is 0.453 e. The summed E-state index contributed by atoms with van der Waals surface area (Å²) >= 11 is 6.87. The Morgan fingerprint density at radius 2 is 2.24 bits per heavy atom. The lowest BCUT2D eigenvalue weighted by Crippen LogP contribution is -2.12. The minimum atomic E-state index is 0.291. The topological polar surface area (TPSA) is 53.1 Å². The number of thioether (sulfide) groups is 1. The Hall–Kier alpha value is -1.53. The lowest BCUT2D eigenvalue weighted by atomic mass is 10.2. The first-order valence-corrected chi connectivity index (χ1v) is 8.20. The van der Waals surface area contributed by atoms with Crippen LogP contribution in [0.15, 0.2) is 35.5 Å². The van der Waals surface area contributed by atoms with Crippen LogP contribution in [0, 0.1) is 0 Å². The fourth-order valence-electron chi connectivity index (χ4n) is 1.90. The normalized spacial score (nSPS) is 10.9. The van der Waals surface area contributed by atoms with Gasteiger partial charge in [-0.1, -0.05) is 25.2 Å². The van der Waals surface area contributed by atoms with Crippen LogP contribution < -0.4 is 10.5 Å². The molecule has 1 heterocycles. The smallest absolute Gasteiger partial charge is 0.165 e. The van der Waals surface area contributed by atoms with Gasteiger partial charge in [-0.25, -0.2) is 0 Å². The Morgan fingerprint density at radius 3 is 2.81 bits per heavy atom. The predicted molar refractivity (Wildman–Crippen MR) is 91.4 cm³/mol. The second-order valence-electron chi connectivity index (χ2n) is 4.78. The number of thiocarbonyl (C=S) groups is 1. The van der Waals surface area contributed by atoms with Crippen molar-refractivity contribution in [3.63, 3.8) is 0 Å². The van der Waals surface area contributed by atoms with Crippen LogP contribution >= 0.6 is 24.0 Å². The molecule has 0 aliphatic carbocycles. The highest BCUT2D eigenvalue weighted by Gasteiger charge is 2.14. The van der Waals surface area contributed by atoms with Crippen LogP contribution in [0.5, 0.6) is 11.5 Å². The van der Waals surface area contributed by atoms with Gasteiger partial charge in [-0.3, -0.25) is 4.68 Å². The number of hydrogen-bond acceptors (Lipinski definition) is 4. The van der Waals surface area contributed by atoms with Crippen molar-refractivity contribution in [2.45, 2.75) is 31.7 Å². The first-order chi connectivity index (χ1) is 10.0. The summed E-state index contributed by atoms with van der Waals surface area (Å²) in [6, 6.07) is 6.12. The maximum atomic E-state index is 5.92. The predicted octanol–water partition coefficient (Wildman–Crippen LogP) is 4.00. The number of benzene rings is 1. The molecule has 0 fully saturated rings. The molecule has 0 aliphatic rings. The van der Waals surface area contributed by atoms with Crippen LogP contribution in [-0.2, 0) is 0 Å². The fraction of sp³-hybridized carbons (Fsp3) is 0.333. The molecular weight excluding hydrogens is 302 g/mol. The van der Waals surface area contributed by atoms with Crippen LogP contribution in [-0.4, -0.2) is 20.5 Å². The Labute approximate surface area is 134 Å². The Bertz CT molecular complexity index is 638. The molecule has 0 unspecified atom stereocenters. The lowest BCUT2D eigenvalue weighted by molar-refractivity contribution is 0.475. The molecule has 2 rings (SSSR count). The van der Waals surface area contributed by atoms with E-state index in [1.54, 1.807) is 18.0 Å². The lowest BCUT2D eigenvalue weighted by Gasteiger charge is -2.12.